The highest BCUT2D eigenvalue weighted by atomic mass is 16.5. The summed E-state index contributed by atoms with van der Waals surface area (Å²) in [7, 11) is 7.92. The second-order valence-corrected chi connectivity index (χ2v) is 10.9. The highest BCUT2D eigenvalue weighted by Gasteiger charge is 2.27. The van der Waals surface area contributed by atoms with Crippen molar-refractivity contribution < 1.29 is 4.74 Å². The van der Waals surface area contributed by atoms with Crippen LogP contribution < -0.4 is 10.6 Å². The zero-order valence-electron chi connectivity index (χ0n) is 22.2. The van der Waals surface area contributed by atoms with Gasteiger partial charge in [-0.3, -0.25) is 14.1 Å². The molecular formula is C29H36N6O2. The lowest BCUT2D eigenvalue weighted by atomic mass is 9.92. The lowest BCUT2D eigenvalue weighted by molar-refractivity contribution is 0.0585. The minimum absolute atomic E-state index is 0.0308. The van der Waals surface area contributed by atoms with E-state index in [1.165, 1.54) is 0 Å². The summed E-state index contributed by atoms with van der Waals surface area (Å²) in [6, 6.07) is 11.4. The van der Waals surface area contributed by atoms with Gasteiger partial charge in [0, 0.05) is 56.5 Å². The third-order valence-corrected chi connectivity index (χ3v) is 8.56. The second kappa shape index (κ2) is 9.58. The number of imidazole rings is 1. The maximum absolute atomic E-state index is 13.4. The van der Waals surface area contributed by atoms with Gasteiger partial charge in [0.2, 0.25) is 0 Å². The number of pyridine rings is 2. The minimum atomic E-state index is 0.0308. The monoisotopic (exact) mass is 500 g/mol. The third kappa shape index (κ3) is 4.22. The summed E-state index contributed by atoms with van der Waals surface area (Å²) in [4.78, 5) is 27.6. The molecule has 1 aliphatic carbocycles. The van der Waals surface area contributed by atoms with Crippen LogP contribution in [-0.4, -0.2) is 70.4 Å². The van der Waals surface area contributed by atoms with Crippen LogP contribution in [0.25, 0.3) is 33.1 Å². The summed E-state index contributed by atoms with van der Waals surface area (Å²) in [5, 5.41) is 1.01. The van der Waals surface area contributed by atoms with E-state index in [0.717, 1.165) is 84.1 Å². The van der Waals surface area contributed by atoms with Gasteiger partial charge in [-0.2, -0.15) is 0 Å². The predicted octanol–water partition coefficient (Wildman–Crippen LogP) is 4.22. The summed E-state index contributed by atoms with van der Waals surface area (Å²) >= 11 is 0. The number of fused-ring (bicyclic) bond motifs is 3. The van der Waals surface area contributed by atoms with E-state index < -0.39 is 0 Å². The first-order chi connectivity index (χ1) is 17.9. The molecular weight excluding hydrogens is 464 g/mol. The molecule has 2 fully saturated rings. The molecule has 0 bridgehead atoms. The molecule has 1 saturated carbocycles. The number of nitrogens with zero attached hydrogens (tertiary/aromatic N) is 6. The molecule has 8 nitrogen and oxygen atoms in total. The maximum Gasteiger partial charge on any atom is 0.329 e. The lowest BCUT2D eigenvalue weighted by Crippen LogP contribution is -2.31. The van der Waals surface area contributed by atoms with Crippen LogP contribution in [0.5, 0.6) is 0 Å². The average molecular weight is 501 g/mol. The molecule has 194 valence electrons. The van der Waals surface area contributed by atoms with Crippen LogP contribution in [-0.2, 0) is 11.8 Å². The summed E-state index contributed by atoms with van der Waals surface area (Å²) < 4.78 is 9.34. The van der Waals surface area contributed by atoms with Gasteiger partial charge in [0.1, 0.15) is 5.82 Å². The van der Waals surface area contributed by atoms with Gasteiger partial charge in [-0.05, 0) is 76.0 Å². The van der Waals surface area contributed by atoms with Crippen LogP contribution in [0.4, 0.5) is 5.82 Å². The molecule has 0 radical (unpaired) electrons. The summed E-state index contributed by atoms with van der Waals surface area (Å²) in [6.45, 7) is 2.05. The molecule has 1 saturated heterocycles. The fraction of sp³-hybridized carbons (Fsp3) is 0.483. The maximum atomic E-state index is 13.4. The Morgan fingerprint density at radius 2 is 1.76 bits per heavy atom. The number of benzene rings is 1. The number of aromatic nitrogens is 4. The van der Waals surface area contributed by atoms with Crippen molar-refractivity contribution in [1.29, 1.82) is 0 Å². The van der Waals surface area contributed by atoms with Gasteiger partial charge in [0.25, 0.3) is 0 Å². The van der Waals surface area contributed by atoms with Crippen molar-refractivity contribution >= 4 is 27.8 Å². The van der Waals surface area contributed by atoms with Crippen molar-refractivity contribution in [2.75, 3.05) is 39.2 Å². The van der Waals surface area contributed by atoms with Crippen LogP contribution in [0.15, 0.2) is 47.5 Å². The number of methoxy groups -OCH3 is 1. The molecule has 0 amide bonds. The number of aryl methyl sites for hydroxylation is 1. The van der Waals surface area contributed by atoms with Gasteiger partial charge in [-0.1, -0.05) is 6.07 Å². The second-order valence-electron chi connectivity index (χ2n) is 10.9. The van der Waals surface area contributed by atoms with Gasteiger partial charge in [0.05, 0.1) is 28.9 Å². The van der Waals surface area contributed by atoms with Crippen LogP contribution in [0.2, 0.25) is 0 Å². The molecule has 4 heterocycles. The van der Waals surface area contributed by atoms with Crippen molar-refractivity contribution in [1.82, 2.24) is 24.0 Å². The Morgan fingerprint density at radius 3 is 2.43 bits per heavy atom. The number of rotatable bonds is 5. The summed E-state index contributed by atoms with van der Waals surface area (Å²) in [5.41, 5.74) is 4.94. The zero-order chi connectivity index (χ0) is 25.7. The molecule has 0 unspecified atom stereocenters. The van der Waals surface area contributed by atoms with Crippen LogP contribution >= 0.6 is 0 Å². The van der Waals surface area contributed by atoms with E-state index in [-0.39, 0.29) is 17.8 Å². The van der Waals surface area contributed by atoms with Crippen molar-refractivity contribution in [3.05, 3.63) is 53.2 Å². The predicted molar refractivity (Wildman–Crippen MR) is 148 cm³/mol. The van der Waals surface area contributed by atoms with Crippen molar-refractivity contribution in [2.24, 2.45) is 7.05 Å². The Balaban J connectivity index is 1.38. The van der Waals surface area contributed by atoms with E-state index >= 15 is 0 Å². The highest BCUT2D eigenvalue weighted by Crippen LogP contribution is 2.35. The molecule has 2 aliphatic rings. The Kier molecular flexibility index (Phi) is 6.24. The number of likely N-dealkylation sites (N-methyl/N-ethyl adjacent to an activating group) is 1. The van der Waals surface area contributed by atoms with E-state index in [4.69, 9.17) is 14.7 Å². The van der Waals surface area contributed by atoms with E-state index in [9.17, 15) is 4.79 Å². The SMILES string of the molecule is COC1CCC(n2c(=O)n(C)c3cnc4ccc(-c5ccc(N6CC[C@@H](N(C)C)C6)nc5)cc4c32)CC1. The lowest BCUT2D eigenvalue weighted by Gasteiger charge is -2.28. The first-order valence-electron chi connectivity index (χ1n) is 13.3. The minimum Gasteiger partial charge on any atom is -0.381 e. The summed E-state index contributed by atoms with van der Waals surface area (Å²) in [5.74, 6) is 1.03. The molecule has 1 aromatic carbocycles. The molecule has 6 rings (SSSR count). The van der Waals surface area contributed by atoms with Gasteiger partial charge in [0.15, 0.2) is 0 Å². The average Bonchev–Trinajstić information content (AvgIpc) is 3.53. The number of ether oxygens (including phenoxy) is 1. The normalized spacial score (nSPS) is 22.5. The van der Waals surface area contributed by atoms with E-state index in [1.54, 1.807) is 11.7 Å². The topological polar surface area (TPSA) is 68.4 Å². The van der Waals surface area contributed by atoms with Crippen LogP contribution in [0.1, 0.15) is 38.1 Å². The Bertz CT molecular complexity index is 1480. The standard InChI is InChI=1S/C29H36N6O2/c1-32(2)22-13-14-34(18-22)27-12-6-20(16-31-27)19-5-11-25-24(15-19)28-26(17-30-25)33(3)29(36)35(28)21-7-9-23(37-4)10-8-21/h5-6,11-12,15-17,21-23H,7-10,13-14,18H2,1-4H3/t21?,22-,23?/m1/s1. The molecule has 3 aromatic heterocycles. The Labute approximate surface area is 217 Å². The van der Waals surface area contributed by atoms with Gasteiger partial charge in [-0.15, -0.1) is 0 Å². The van der Waals surface area contributed by atoms with Crippen molar-refractivity contribution in [3.63, 3.8) is 0 Å². The number of anilines is 1. The quantitative estimate of drug-likeness (QED) is 0.409. The first-order valence-corrected chi connectivity index (χ1v) is 13.3. The van der Waals surface area contributed by atoms with E-state index in [1.807, 2.05) is 24.0 Å². The van der Waals surface area contributed by atoms with Gasteiger partial charge < -0.3 is 14.5 Å². The van der Waals surface area contributed by atoms with E-state index in [2.05, 4.69) is 54.2 Å². The summed E-state index contributed by atoms with van der Waals surface area (Å²) in [6.07, 6.45) is 9.09. The van der Waals surface area contributed by atoms with Gasteiger partial charge in [-0.25, -0.2) is 9.78 Å². The zero-order valence-corrected chi connectivity index (χ0v) is 22.2. The van der Waals surface area contributed by atoms with Crippen molar-refractivity contribution in [3.8, 4) is 11.1 Å². The molecule has 8 heteroatoms. The van der Waals surface area contributed by atoms with E-state index in [0.29, 0.717) is 6.04 Å². The number of hydrogen-bond acceptors (Lipinski definition) is 6. The molecule has 0 N–H and O–H groups in total. The Morgan fingerprint density at radius 1 is 0.973 bits per heavy atom. The molecule has 4 aromatic rings. The molecule has 37 heavy (non-hydrogen) atoms. The molecule has 1 aliphatic heterocycles. The molecule has 0 spiro atoms. The number of hydrogen-bond donors (Lipinski definition) is 0. The smallest absolute Gasteiger partial charge is 0.329 e. The van der Waals surface area contributed by atoms with Crippen molar-refractivity contribution in [2.45, 2.75) is 50.3 Å². The molecule has 1 atom stereocenters. The van der Waals surface area contributed by atoms with Crippen LogP contribution in [0, 0.1) is 0 Å². The largest absolute Gasteiger partial charge is 0.381 e. The first kappa shape index (κ1) is 24.1. The fourth-order valence-electron chi connectivity index (χ4n) is 6.20. The third-order valence-electron chi connectivity index (χ3n) is 8.56. The Hall–Kier alpha value is -3.23. The fourth-order valence-corrected chi connectivity index (χ4v) is 6.20. The van der Waals surface area contributed by atoms with Crippen LogP contribution in [0.3, 0.4) is 0 Å². The highest BCUT2D eigenvalue weighted by molar-refractivity contribution is 6.04. The van der Waals surface area contributed by atoms with Gasteiger partial charge >= 0.3 is 5.69 Å².